The Bertz CT molecular complexity index is 2330. The van der Waals surface area contributed by atoms with Crippen LogP contribution in [0, 0.1) is 5.82 Å². The number of nitrogens with one attached hydrogen (secondary N) is 3. The van der Waals surface area contributed by atoms with Gasteiger partial charge < -0.3 is 35.1 Å². The van der Waals surface area contributed by atoms with Gasteiger partial charge in [-0.25, -0.2) is 4.39 Å². The zero-order chi connectivity index (χ0) is 45.8. The van der Waals surface area contributed by atoms with Crippen LogP contribution in [-0.2, 0) is 42.2 Å². The summed E-state index contributed by atoms with van der Waals surface area (Å²) in [7, 11) is 3.75. The van der Waals surface area contributed by atoms with Crippen LogP contribution in [0.3, 0.4) is 0 Å². The molecule has 14 heteroatoms. The smallest absolute Gasteiger partial charge is 0.241 e. The van der Waals surface area contributed by atoms with Crippen LogP contribution >= 0.6 is 0 Å². The van der Waals surface area contributed by atoms with Crippen LogP contribution in [-0.4, -0.2) is 137 Å². The average molecular weight is 889 g/mol. The summed E-state index contributed by atoms with van der Waals surface area (Å²) in [5.74, 6) is -0.687. The van der Waals surface area contributed by atoms with Crippen LogP contribution in [0.25, 0.3) is 10.8 Å². The third kappa shape index (κ3) is 13.0. The average Bonchev–Trinajstić information content (AvgIpc) is 3.56. The highest BCUT2D eigenvalue weighted by molar-refractivity contribution is 5.98. The summed E-state index contributed by atoms with van der Waals surface area (Å²) in [4.78, 5) is 43.5. The second-order valence-electron chi connectivity index (χ2n) is 18.0. The van der Waals surface area contributed by atoms with Crippen molar-refractivity contribution in [2.24, 2.45) is 0 Å². The number of anilines is 2. The van der Waals surface area contributed by atoms with Crippen molar-refractivity contribution in [3.8, 4) is 0 Å². The van der Waals surface area contributed by atoms with E-state index in [-0.39, 0.29) is 41.0 Å². The van der Waals surface area contributed by atoms with Gasteiger partial charge >= 0.3 is 0 Å². The Hall–Kier alpha value is -5.19. The lowest BCUT2D eigenvalue weighted by Gasteiger charge is -2.39. The van der Waals surface area contributed by atoms with Gasteiger partial charge in [0, 0.05) is 93.9 Å². The number of methoxy groups -OCH3 is 1. The minimum atomic E-state index is -0.382. The number of nitrogens with zero attached hydrogens (tertiary/aromatic N) is 5. The fourth-order valence-corrected chi connectivity index (χ4v) is 8.72. The van der Waals surface area contributed by atoms with E-state index in [0.717, 1.165) is 63.3 Å². The van der Waals surface area contributed by atoms with Crippen molar-refractivity contribution in [3.63, 3.8) is 0 Å². The molecule has 65 heavy (non-hydrogen) atoms. The van der Waals surface area contributed by atoms with Gasteiger partial charge in [0.1, 0.15) is 5.82 Å². The van der Waals surface area contributed by atoms with Crippen molar-refractivity contribution in [2.45, 2.75) is 57.2 Å². The number of benzene rings is 3. The summed E-state index contributed by atoms with van der Waals surface area (Å²) in [6.07, 6.45) is 4.11. The highest BCUT2D eigenvalue weighted by Crippen LogP contribution is 2.41. The molecule has 4 heterocycles. The molecule has 0 saturated carbocycles. The van der Waals surface area contributed by atoms with Gasteiger partial charge in [-0.3, -0.25) is 29.4 Å². The molecule has 3 aromatic carbocycles. The number of carbonyl (C=O) groups is 2. The van der Waals surface area contributed by atoms with Crippen LogP contribution in [0.4, 0.5) is 15.8 Å². The number of amides is 2. The van der Waals surface area contributed by atoms with Gasteiger partial charge in [0.15, 0.2) is 0 Å². The molecule has 13 nitrogen and oxygen atoms in total. The first-order valence-corrected chi connectivity index (χ1v) is 22.8. The highest BCUT2D eigenvalue weighted by atomic mass is 19.1. The molecule has 0 bridgehead atoms. The molecule has 7 rings (SSSR count). The van der Waals surface area contributed by atoms with Crippen molar-refractivity contribution in [3.05, 3.63) is 131 Å². The van der Waals surface area contributed by atoms with Gasteiger partial charge in [-0.05, 0) is 78.9 Å². The first-order chi connectivity index (χ1) is 31.5. The predicted octanol–water partition coefficient (Wildman–Crippen LogP) is 5.77. The molecule has 5 aromatic rings. The number of carbonyl (C=O) groups excluding carboxylic acids is 2. The summed E-state index contributed by atoms with van der Waals surface area (Å²) >= 11 is 0. The SMILES string of the molecule is COC[C@H]1CN[C@H](C)CN1CC(=O)N1CC(C)(C)c2nc(CN(C)CCOCCOCCNC[C@@H](C(=O)Nc3ccc4cnccc4c3)c3ccccc3)c(Cc3ccc(F)cc3)cc21. The Morgan fingerprint density at radius 1 is 0.985 bits per heavy atom. The van der Waals surface area contributed by atoms with E-state index in [2.05, 4.69) is 64.6 Å². The van der Waals surface area contributed by atoms with E-state index in [9.17, 15) is 14.0 Å². The van der Waals surface area contributed by atoms with Crippen LogP contribution < -0.4 is 20.9 Å². The zero-order valence-electron chi connectivity index (χ0n) is 38.5. The van der Waals surface area contributed by atoms with E-state index >= 15 is 0 Å². The Balaban J connectivity index is 0.885. The molecule has 2 amide bonds. The molecule has 0 spiro atoms. The van der Waals surface area contributed by atoms with Crippen LogP contribution in [0.2, 0.25) is 0 Å². The summed E-state index contributed by atoms with van der Waals surface area (Å²) in [6.45, 7) is 13.6. The van der Waals surface area contributed by atoms with Gasteiger partial charge in [0.25, 0.3) is 0 Å². The minimum absolute atomic E-state index is 0.0525. The zero-order valence-corrected chi connectivity index (χ0v) is 38.5. The molecule has 0 radical (unpaired) electrons. The van der Waals surface area contributed by atoms with Crippen molar-refractivity contribution < 1.29 is 28.2 Å². The highest BCUT2D eigenvalue weighted by Gasteiger charge is 2.41. The lowest BCUT2D eigenvalue weighted by molar-refractivity contribution is -0.121. The number of hydrogen-bond acceptors (Lipinski definition) is 11. The van der Waals surface area contributed by atoms with E-state index in [4.69, 9.17) is 19.2 Å². The number of fused-ring (bicyclic) bond motifs is 2. The molecule has 1 saturated heterocycles. The number of likely N-dealkylation sites (N-methyl/N-ethyl adjacent to an activating group) is 1. The lowest BCUT2D eigenvalue weighted by atomic mass is 9.90. The third-order valence-corrected chi connectivity index (χ3v) is 12.3. The maximum Gasteiger partial charge on any atom is 0.241 e. The van der Waals surface area contributed by atoms with Gasteiger partial charge in [0.2, 0.25) is 11.8 Å². The normalized spacial score (nSPS) is 17.7. The van der Waals surface area contributed by atoms with Crippen LogP contribution in [0.1, 0.15) is 54.8 Å². The first kappa shape index (κ1) is 47.8. The van der Waals surface area contributed by atoms with Gasteiger partial charge in [-0.2, -0.15) is 0 Å². The molecule has 3 N–H and O–H groups in total. The number of pyridine rings is 2. The maximum absolute atomic E-state index is 14.1. The second-order valence-corrected chi connectivity index (χ2v) is 18.0. The van der Waals surface area contributed by atoms with Crippen molar-refractivity contribution in [1.29, 1.82) is 0 Å². The number of aromatic nitrogens is 2. The summed E-state index contributed by atoms with van der Waals surface area (Å²) in [5.41, 5.74) is 6.02. The molecule has 346 valence electrons. The molecule has 3 atom stereocenters. The molecule has 1 fully saturated rings. The molecular weight excluding hydrogens is 824 g/mol. The van der Waals surface area contributed by atoms with E-state index in [1.54, 1.807) is 13.3 Å². The van der Waals surface area contributed by atoms with Gasteiger partial charge in [-0.15, -0.1) is 0 Å². The third-order valence-electron chi connectivity index (χ3n) is 12.3. The van der Waals surface area contributed by atoms with Crippen molar-refractivity contribution in [2.75, 3.05) is 103 Å². The number of piperazine rings is 1. The quantitative estimate of drug-likeness (QED) is 0.0733. The van der Waals surface area contributed by atoms with E-state index < -0.39 is 0 Å². The van der Waals surface area contributed by atoms with E-state index in [1.165, 1.54) is 12.1 Å². The standard InChI is InChI=1S/C51H65FN8O5/c1-36-31-59(44(29-55-36)34-63-5)33-48(61)60-35-51(2,3)49-47(60)27-41(25-37-11-14-42(52)15-12-37)46(57-49)32-58(4)20-22-65-24-23-64-21-19-54-30-45(38-9-7-6-8-10-38)50(62)56-43-16-13-40-28-53-18-17-39(40)26-43/h6-18,26-28,36,44-45,54-55H,19-25,29-35H2,1-5H3,(H,56,62)/t36-,44-,45-/m1/s1. The van der Waals surface area contributed by atoms with Gasteiger partial charge in [0.05, 0.1) is 62.6 Å². The van der Waals surface area contributed by atoms with Crippen LogP contribution in [0.15, 0.2) is 97.3 Å². The number of ether oxygens (including phenoxy) is 3. The van der Waals surface area contributed by atoms with E-state index in [0.29, 0.717) is 78.7 Å². The Kier molecular flexibility index (Phi) is 16.8. The monoisotopic (exact) mass is 889 g/mol. The minimum Gasteiger partial charge on any atom is -0.383 e. The van der Waals surface area contributed by atoms with Crippen molar-refractivity contribution in [1.82, 2.24) is 30.4 Å². The molecular formula is C51H65FN8O5. The number of rotatable bonds is 22. The summed E-state index contributed by atoms with van der Waals surface area (Å²) < 4.78 is 31.3. The largest absolute Gasteiger partial charge is 0.383 e. The van der Waals surface area contributed by atoms with E-state index in [1.807, 2.05) is 77.8 Å². The molecule has 0 unspecified atom stereocenters. The fourth-order valence-electron chi connectivity index (χ4n) is 8.72. The maximum atomic E-state index is 14.1. The Labute approximate surface area is 383 Å². The molecule has 2 aliphatic rings. The Morgan fingerprint density at radius 2 is 1.77 bits per heavy atom. The van der Waals surface area contributed by atoms with Gasteiger partial charge in [-0.1, -0.05) is 62.4 Å². The predicted molar refractivity (Wildman–Crippen MR) is 254 cm³/mol. The molecule has 2 aliphatic heterocycles. The number of hydrogen-bond donors (Lipinski definition) is 3. The Morgan fingerprint density at radius 3 is 2.55 bits per heavy atom. The second kappa shape index (κ2) is 22.8. The number of halogens is 1. The lowest BCUT2D eigenvalue weighted by Crippen LogP contribution is -2.59. The topological polar surface area (TPSA) is 133 Å². The van der Waals surface area contributed by atoms with Crippen molar-refractivity contribution >= 4 is 34.0 Å². The molecule has 0 aliphatic carbocycles. The fraction of sp³-hybridized carbons (Fsp3) is 0.451. The first-order valence-electron chi connectivity index (χ1n) is 22.8. The summed E-state index contributed by atoms with van der Waals surface area (Å²) in [6, 6.07) is 26.7. The van der Waals surface area contributed by atoms with Crippen LogP contribution in [0.5, 0.6) is 0 Å². The molecule has 2 aromatic heterocycles. The summed E-state index contributed by atoms with van der Waals surface area (Å²) in [5, 5.41) is 12.0.